The topological polar surface area (TPSA) is 87.7 Å². The molecule has 21 heavy (non-hydrogen) atoms. The van der Waals surface area contributed by atoms with E-state index < -0.39 is 0 Å². The zero-order valence-corrected chi connectivity index (χ0v) is 13.5. The fourth-order valence-corrected chi connectivity index (χ4v) is 3.05. The standard InChI is InChI=1S/C13H7Br2N3O3/c14-8-4-6(5-9(15)12(8)19)3-7-11(17-18-13(7)20)10-1-2-16-21-10/h1-5,19H,(H,18,20). The summed E-state index contributed by atoms with van der Waals surface area (Å²) < 4.78 is 6.06. The zero-order chi connectivity index (χ0) is 15.0. The number of nitrogens with zero attached hydrogens (tertiary/aromatic N) is 2. The Morgan fingerprint density at radius 3 is 2.62 bits per heavy atom. The van der Waals surface area contributed by atoms with Crippen molar-refractivity contribution >= 4 is 49.6 Å². The van der Waals surface area contributed by atoms with Crippen LogP contribution in [0.15, 0.2) is 48.5 Å². The third-order valence-electron chi connectivity index (χ3n) is 2.79. The molecule has 0 atom stereocenters. The number of rotatable bonds is 2. The van der Waals surface area contributed by atoms with Crippen molar-refractivity contribution in [2.24, 2.45) is 5.10 Å². The summed E-state index contributed by atoms with van der Waals surface area (Å²) >= 11 is 6.49. The van der Waals surface area contributed by atoms with Crippen LogP contribution in [0.5, 0.6) is 5.75 Å². The van der Waals surface area contributed by atoms with Gasteiger partial charge in [0.05, 0.1) is 20.7 Å². The Hall–Kier alpha value is -1.93. The molecule has 0 radical (unpaired) electrons. The summed E-state index contributed by atoms with van der Waals surface area (Å²) in [6, 6.07) is 5.00. The Morgan fingerprint density at radius 1 is 1.29 bits per heavy atom. The van der Waals surface area contributed by atoms with Crippen molar-refractivity contribution < 1.29 is 14.4 Å². The molecule has 0 spiro atoms. The van der Waals surface area contributed by atoms with Crippen molar-refractivity contribution in [3.05, 3.63) is 50.2 Å². The fourth-order valence-electron chi connectivity index (χ4n) is 1.83. The van der Waals surface area contributed by atoms with Crippen molar-refractivity contribution in [2.45, 2.75) is 0 Å². The van der Waals surface area contributed by atoms with E-state index in [0.717, 1.165) is 0 Å². The van der Waals surface area contributed by atoms with E-state index in [-0.39, 0.29) is 11.7 Å². The van der Waals surface area contributed by atoms with E-state index in [4.69, 9.17) is 4.52 Å². The summed E-state index contributed by atoms with van der Waals surface area (Å²) in [5.41, 5.74) is 3.85. The summed E-state index contributed by atoms with van der Waals surface area (Å²) in [7, 11) is 0. The smallest absolute Gasteiger partial charge is 0.273 e. The highest BCUT2D eigenvalue weighted by Crippen LogP contribution is 2.34. The molecule has 0 unspecified atom stereocenters. The first-order chi connectivity index (χ1) is 10.1. The number of carbonyl (C=O) groups is 1. The van der Waals surface area contributed by atoms with Gasteiger partial charge >= 0.3 is 0 Å². The summed E-state index contributed by atoms with van der Waals surface area (Å²) in [6.07, 6.45) is 3.13. The Labute approximate surface area is 135 Å². The summed E-state index contributed by atoms with van der Waals surface area (Å²) in [5, 5.41) is 17.2. The molecule has 2 heterocycles. The molecular formula is C13H7Br2N3O3. The van der Waals surface area contributed by atoms with E-state index in [1.165, 1.54) is 6.20 Å². The Balaban J connectivity index is 2.05. The van der Waals surface area contributed by atoms with Gasteiger partial charge in [-0.1, -0.05) is 5.16 Å². The highest BCUT2D eigenvalue weighted by Gasteiger charge is 2.26. The van der Waals surface area contributed by atoms with Crippen molar-refractivity contribution in [1.82, 2.24) is 10.6 Å². The minimum Gasteiger partial charge on any atom is -0.506 e. The Bertz CT molecular complexity index is 759. The number of aromatic hydroxyl groups is 1. The number of halogens is 2. The van der Waals surface area contributed by atoms with Crippen LogP contribution in [0.2, 0.25) is 0 Å². The molecule has 6 nitrogen and oxygen atoms in total. The summed E-state index contributed by atoms with van der Waals surface area (Å²) in [6.45, 7) is 0. The van der Waals surface area contributed by atoms with Gasteiger partial charge in [0.1, 0.15) is 11.5 Å². The molecule has 2 N–H and O–H groups in total. The molecule has 1 aliphatic rings. The molecule has 1 amide bonds. The van der Waals surface area contributed by atoms with Crippen LogP contribution in [0.25, 0.3) is 6.08 Å². The van der Waals surface area contributed by atoms with Gasteiger partial charge in [-0.25, -0.2) is 5.43 Å². The van der Waals surface area contributed by atoms with Crippen LogP contribution in [-0.2, 0) is 4.79 Å². The lowest BCUT2D eigenvalue weighted by molar-refractivity contribution is -0.116. The minimum absolute atomic E-state index is 0.0946. The highest BCUT2D eigenvalue weighted by atomic mass is 79.9. The number of carbonyl (C=O) groups excluding carboxylic acids is 1. The van der Waals surface area contributed by atoms with Gasteiger partial charge in [-0.15, -0.1) is 0 Å². The van der Waals surface area contributed by atoms with Crippen molar-refractivity contribution in [3.8, 4) is 5.75 Å². The van der Waals surface area contributed by atoms with Crippen LogP contribution < -0.4 is 5.43 Å². The predicted octanol–water partition coefficient (Wildman–Crippen LogP) is 2.82. The third kappa shape index (κ3) is 2.64. The molecule has 2 aromatic rings. The van der Waals surface area contributed by atoms with Gasteiger partial charge in [-0.05, 0) is 55.6 Å². The van der Waals surface area contributed by atoms with Gasteiger partial charge in [0.2, 0.25) is 0 Å². The van der Waals surface area contributed by atoms with Crippen molar-refractivity contribution in [1.29, 1.82) is 0 Å². The molecule has 1 aliphatic heterocycles. The van der Waals surface area contributed by atoms with Gasteiger partial charge in [-0.3, -0.25) is 4.79 Å². The van der Waals surface area contributed by atoms with Crippen LogP contribution in [0.4, 0.5) is 0 Å². The molecule has 0 saturated carbocycles. The first kappa shape index (κ1) is 14.0. The van der Waals surface area contributed by atoms with Gasteiger partial charge in [0.15, 0.2) is 5.76 Å². The Morgan fingerprint density at radius 2 is 2.00 bits per heavy atom. The van der Waals surface area contributed by atoms with Gasteiger partial charge in [-0.2, -0.15) is 5.10 Å². The maximum atomic E-state index is 11.9. The first-order valence-electron chi connectivity index (χ1n) is 5.75. The first-order valence-corrected chi connectivity index (χ1v) is 7.34. The average molecular weight is 413 g/mol. The largest absolute Gasteiger partial charge is 0.506 e. The van der Waals surface area contributed by atoms with E-state index in [1.807, 2.05) is 0 Å². The maximum absolute atomic E-state index is 11.9. The lowest BCUT2D eigenvalue weighted by Gasteiger charge is -2.03. The number of amides is 1. The van der Waals surface area contributed by atoms with Crippen LogP contribution >= 0.6 is 31.9 Å². The van der Waals surface area contributed by atoms with Crippen LogP contribution in [-0.4, -0.2) is 21.9 Å². The van der Waals surface area contributed by atoms with E-state index in [9.17, 15) is 9.90 Å². The van der Waals surface area contributed by atoms with Crippen molar-refractivity contribution in [3.63, 3.8) is 0 Å². The maximum Gasteiger partial charge on any atom is 0.273 e. The van der Waals surface area contributed by atoms with E-state index >= 15 is 0 Å². The van der Waals surface area contributed by atoms with E-state index in [2.05, 4.69) is 47.5 Å². The lowest BCUT2D eigenvalue weighted by Crippen LogP contribution is -2.13. The summed E-state index contributed by atoms with van der Waals surface area (Å²) in [5.74, 6) is 0.162. The Kier molecular flexibility index (Phi) is 3.64. The second kappa shape index (κ2) is 5.45. The van der Waals surface area contributed by atoms with Gasteiger partial charge < -0.3 is 9.63 Å². The molecule has 0 bridgehead atoms. The normalized spacial score (nSPS) is 16.2. The SMILES string of the molecule is O=C1NN=C(c2ccno2)C1=Cc1cc(Br)c(O)c(Br)c1. The number of aromatic nitrogens is 1. The number of hydrogen-bond acceptors (Lipinski definition) is 5. The average Bonchev–Trinajstić information content (AvgIpc) is 3.07. The molecule has 1 aromatic carbocycles. The molecule has 3 rings (SSSR count). The number of phenols is 1. The number of benzene rings is 1. The number of phenolic OH excluding ortho intramolecular Hbond substituents is 1. The third-order valence-corrected chi connectivity index (χ3v) is 4.00. The zero-order valence-electron chi connectivity index (χ0n) is 10.3. The molecule has 0 saturated heterocycles. The second-order valence-corrected chi connectivity index (χ2v) is 5.88. The van der Waals surface area contributed by atoms with Crippen LogP contribution in [0, 0.1) is 0 Å². The number of hydrazone groups is 1. The molecule has 0 aliphatic carbocycles. The van der Waals surface area contributed by atoms with Crippen LogP contribution in [0.3, 0.4) is 0 Å². The molecule has 0 fully saturated rings. The fraction of sp³-hybridized carbons (Fsp3) is 0. The van der Waals surface area contributed by atoms with E-state index in [0.29, 0.717) is 31.6 Å². The van der Waals surface area contributed by atoms with Crippen LogP contribution in [0.1, 0.15) is 11.3 Å². The molecule has 8 heteroatoms. The van der Waals surface area contributed by atoms with Gasteiger partial charge in [0, 0.05) is 6.07 Å². The summed E-state index contributed by atoms with van der Waals surface area (Å²) in [4.78, 5) is 11.9. The van der Waals surface area contributed by atoms with Gasteiger partial charge in [0.25, 0.3) is 5.91 Å². The monoisotopic (exact) mass is 411 g/mol. The number of nitrogens with one attached hydrogen (secondary N) is 1. The quantitative estimate of drug-likeness (QED) is 0.742. The van der Waals surface area contributed by atoms with Crippen molar-refractivity contribution in [2.75, 3.05) is 0 Å². The number of hydrogen-bond donors (Lipinski definition) is 2. The lowest BCUT2D eigenvalue weighted by atomic mass is 10.0. The molecule has 106 valence electrons. The molecule has 1 aromatic heterocycles. The van der Waals surface area contributed by atoms with E-state index in [1.54, 1.807) is 24.3 Å². The second-order valence-electron chi connectivity index (χ2n) is 4.17. The minimum atomic E-state index is -0.332. The highest BCUT2D eigenvalue weighted by molar-refractivity contribution is 9.11. The predicted molar refractivity (Wildman–Crippen MR) is 82.7 cm³/mol. The molecular weight excluding hydrogens is 406 g/mol.